The number of rotatable bonds is 3. The van der Waals surface area contributed by atoms with E-state index in [1.807, 2.05) is 19.1 Å². The topological polar surface area (TPSA) is 43.1 Å². The van der Waals surface area contributed by atoms with Crippen LogP contribution in [-0.2, 0) is 17.6 Å². The molecule has 0 aliphatic rings. The van der Waals surface area contributed by atoms with Crippen molar-refractivity contribution in [1.82, 2.24) is 0 Å². The fourth-order valence-corrected chi connectivity index (χ4v) is 1.44. The van der Waals surface area contributed by atoms with Crippen LogP contribution in [0.15, 0.2) is 18.2 Å². The number of aryl methyl sites for hydroxylation is 2. The average molecular weight is 177 g/mol. The molecule has 1 aromatic rings. The predicted octanol–water partition coefficient (Wildman–Crippen LogP) is 1.59. The minimum absolute atomic E-state index is 0.265. The maximum atomic E-state index is 10.7. The molecule has 1 amide bonds. The van der Waals surface area contributed by atoms with Crippen molar-refractivity contribution in [3.05, 3.63) is 34.9 Å². The van der Waals surface area contributed by atoms with Crippen LogP contribution < -0.4 is 5.73 Å². The van der Waals surface area contributed by atoms with Gasteiger partial charge in [0.2, 0.25) is 5.91 Å². The summed E-state index contributed by atoms with van der Waals surface area (Å²) in [6, 6.07) is 6.11. The quantitative estimate of drug-likeness (QED) is 0.748. The van der Waals surface area contributed by atoms with Gasteiger partial charge in [-0.25, -0.2) is 0 Å². The van der Waals surface area contributed by atoms with E-state index in [0.717, 1.165) is 12.0 Å². The summed E-state index contributed by atoms with van der Waals surface area (Å²) < 4.78 is 0. The largest absolute Gasteiger partial charge is 0.369 e. The van der Waals surface area contributed by atoms with Crippen molar-refractivity contribution in [3.63, 3.8) is 0 Å². The van der Waals surface area contributed by atoms with E-state index in [-0.39, 0.29) is 5.91 Å². The highest BCUT2D eigenvalue weighted by atomic mass is 16.1. The smallest absolute Gasteiger partial charge is 0.221 e. The molecule has 0 aliphatic carbocycles. The van der Waals surface area contributed by atoms with Crippen molar-refractivity contribution in [2.45, 2.75) is 26.7 Å². The minimum atomic E-state index is -0.265. The number of amides is 1. The lowest BCUT2D eigenvalue weighted by Crippen LogP contribution is -2.14. The van der Waals surface area contributed by atoms with Crippen molar-refractivity contribution >= 4 is 5.91 Å². The molecule has 2 heteroatoms. The number of nitrogens with two attached hydrogens (primary N) is 1. The molecule has 1 aromatic carbocycles. The monoisotopic (exact) mass is 177 g/mol. The Kier molecular flexibility index (Phi) is 3.07. The normalized spacial score (nSPS) is 10.0. The Morgan fingerprint density at radius 3 is 2.62 bits per heavy atom. The summed E-state index contributed by atoms with van der Waals surface area (Å²) in [6.07, 6.45) is 1.30. The molecule has 0 fully saturated rings. The zero-order valence-corrected chi connectivity index (χ0v) is 8.13. The fourth-order valence-electron chi connectivity index (χ4n) is 1.44. The zero-order valence-electron chi connectivity index (χ0n) is 8.13. The predicted molar refractivity (Wildman–Crippen MR) is 53.5 cm³/mol. The SMILES string of the molecule is CCc1cc(C)ccc1CC(N)=O. The van der Waals surface area contributed by atoms with Gasteiger partial charge in [-0.3, -0.25) is 4.79 Å². The molecule has 0 heterocycles. The van der Waals surface area contributed by atoms with E-state index in [1.54, 1.807) is 0 Å². The van der Waals surface area contributed by atoms with Gasteiger partial charge in [0.05, 0.1) is 6.42 Å². The summed E-state index contributed by atoms with van der Waals surface area (Å²) in [4.78, 5) is 10.7. The van der Waals surface area contributed by atoms with Crippen LogP contribution in [0.5, 0.6) is 0 Å². The maximum absolute atomic E-state index is 10.7. The van der Waals surface area contributed by atoms with Crippen molar-refractivity contribution in [1.29, 1.82) is 0 Å². The lowest BCUT2D eigenvalue weighted by molar-refractivity contribution is -0.117. The van der Waals surface area contributed by atoms with E-state index >= 15 is 0 Å². The van der Waals surface area contributed by atoms with Gasteiger partial charge in [0.15, 0.2) is 0 Å². The first-order valence-electron chi connectivity index (χ1n) is 4.50. The van der Waals surface area contributed by atoms with Gasteiger partial charge in [-0.05, 0) is 24.5 Å². The van der Waals surface area contributed by atoms with E-state index in [9.17, 15) is 4.79 Å². The lowest BCUT2D eigenvalue weighted by atomic mass is 10.00. The van der Waals surface area contributed by atoms with Crippen molar-refractivity contribution < 1.29 is 4.79 Å². The molecule has 0 saturated carbocycles. The van der Waals surface area contributed by atoms with E-state index in [0.29, 0.717) is 6.42 Å². The Morgan fingerprint density at radius 2 is 2.08 bits per heavy atom. The molecule has 0 radical (unpaired) electrons. The molecule has 0 aromatic heterocycles. The average Bonchev–Trinajstić information content (AvgIpc) is 2.07. The molecule has 0 saturated heterocycles. The van der Waals surface area contributed by atoms with Gasteiger partial charge >= 0.3 is 0 Å². The molecule has 70 valence electrons. The highest BCUT2D eigenvalue weighted by Crippen LogP contribution is 2.12. The first kappa shape index (κ1) is 9.78. The Hall–Kier alpha value is -1.31. The van der Waals surface area contributed by atoms with Crippen LogP contribution in [0.2, 0.25) is 0 Å². The molecular formula is C11H15NO. The van der Waals surface area contributed by atoms with Crippen molar-refractivity contribution in [2.75, 3.05) is 0 Å². The minimum Gasteiger partial charge on any atom is -0.369 e. The van der Waals surface area contributed by atoms with Crippen molar-refractivity contribution in [2.24, 2.45) is 5.73 Å². The third-order valence-corrected chi connectivity index (χ3v) is 2.11. The Morgan fingerprint density at radius 1 is 1.38 bits per heavy atom. The van der Waals surface area contributed by atoms with Crippen molar-refractivity contribution in [3.8, 4) is 0 Å². The summed E-state index contributed by atoms with van der Waals surface area (Å²) >= 11 is 0. The summed E-state index contributed by atoms with van der Waals surface area (Å²) in [5, 5.41) is 0. The van der Waals surface area contributed by atoms with Crippen LogP contribution >= 0.6 is 0 Å². The molecule has 1 rings (SSSR count). The van der Waals surface area contributed by atoms with Crippen LogP contribution in [0.25, 0.3) is 0 Å². The molecule has 0 spiro atoms. The zero-order chi connectivity index (χ0) is 9.84. The first-order chi connectivity index (χ1) is 6.13. The number of primary amides is 1. The Bertz CT molecular complexity index is 318. The third-order valence-electron chi connectivity index (χ3n) is 2.11. The molecule has 0 aliphatic heterocycles. The maximum Gasteiger partial charge on any atom is 0.221 e. The second-order valence-corrected chi connectivity index (χ2v) is 3.27. The van der Waals surface area contributed by atoms with E-state index in [2.05, 4.69) is 13.0 Å². The third kappa shape index (κ3) is 2.58. The van der Waals surface area contributed by atoms with Crippen LogP contribution in [-0.4, -0.2) is 5.91 Å². The van der Waals surface area contributed by atoms with Gasteiger partial charge in [0.25, 0.3) is 0 Å². The van der Waals surface area contributed by atoms with Gasteiger partial charge in [-0.2, -0.15) is 0 Å². The van der Waals surface area contributed by atoms with Crippen LogP contribution in [0.1, 0.15) is 23.6 Å². The molecular weight excluding hydrogens is 162 g/mol. The summed E-state index contributed by atoms with van der Waals surface area (Å²) in [5.41, 5.74) is 8.65. The second-order valence-electron chi connectivity index (χ2n) is 3.27. The number of hydrogen-bond donors (Lipinski definition) is 1. The van der Waals surface area contributed by atoms with Gasteiger partial charge in [-0.1, -0.05) is 30.7 Å². The molecule has 0 unspecified atom stereocenters. The standard InChI is InChI=1S/C11H15NO/c1-3-9-6-8(2)4-5-10(9)7-11(12)13/h4-6H,3,7H2,1-2H3,(H2,12,13). The van der Waals surface area contributed by atoms with Crippen LogP contribution in [0.4, 0.5) is 0 Å². The summed E-state index contributed by atoms with van der Waals surface area (Å²) in [6.45, 7) is 4.13. The highest BCUT2D eigenvalue weighted by Gasteiger charge is 2.03. The number of carbonyl (C=O) groups excluding carboxylic acids is 1. The van der Waals surface area contributed by atoms with E-state index in [4.69, 9.17) is 5.73 Å². The van der Waals surface area contributed by atoms with Gasteiger partial charge in [0, 0.05) is 0 Å². The first-order valence-corrected chi connectivity index (χ1v) is 4.50. The summed E-state index contributed by atoms with van der Waals surface area (Å²) in [5.74, 6) is -0.265. The number of benzene rings is 1. The fraction of sp³-hybridized carbons (Fsp3) is 0.364. The number of carbonyl (C=O) groups is 1. The summed E-state index contributed by atoms with van der Waals surface area (Å²) in [7, 11) is 0. The van der Waals surface area contributed by atoms with Gasteiger partial charge < -0.3 is 5.73 Å². The molecule has 0 atom stereocenters. The van der Waals surface area contributed by atoms with Gasteiger partial charge in [0.1, 0.15) is 0 Å². The van der Waals surface area contributed by atoms with E-state index in [1.165, 1.54) is 11.1 Å². The van der Waals surface area contributed by atoms with Gasteiger partial charge in [-0.15, -0.1) is 0 Å². The van der Waals surface area contributed by atoms with Crippen LogP contribution in [0.3, 0.4) is 0 Å². The van der Waals surface area contributed by atoms with E-state index < -0.39 is 0 Å². The Balaban J connectivity index is 2.99. The highest BCUT2D eigenvalue weighted by molar-refractivity contribution is 5.77. The lowest BCUT2D eigenvalue weighted by Gasteiger charge is -2.06. The molecule has 2 N–H and O–H groups in total. The van der Waals surface area contributed by atoms with Crippen LogP contribution in [0, 0.1) is 6.92 Å². The molecule has 13 heavy (non-hydrogen) atoms. The number of hydrogen-bond acceptors (Lipinski definition) is 1. The molecule has 0 bridgehead atoms. The second kappa shape index (κ2) is 4.08. The molecule has 2 nitrogen and oxygen atoms in total. The Labute approximate surface area is 78.8 Å².